The number of carbonyl (C=O) groups excluding carboxylic acids is 2. The van der Waals surface area contributed by atoms with Crippen molar-refractivity contribution in [2.24, 2.45) is 0 Å². The van der Waals surface area contributed by atoms with Crippen LogP contribution in [0.1, 0.15) is 63.9 Å². The van der Waals surface area contributed by atoms with E-state index >= 15 is 0 Å². The zero-order valence-electron chi connectivity index (χ0n) is 23.1. The number of hydrogen-bond donors (Lipinski definition) is 1. The van der Waals surface area contributed by atoms with Crippen LogP contribution in [0.5, 0.6) is 5.75 Å². The number of halogens is 1. The highest BCUT2D eigenvalue weighted by atomic mass is 35.5. The summed E-state index contributed by atoms with van der Waals surface area (Å²) < 4.78 is 31.9. The lowest BCUT2D eigenvalue weighted by Gasteiger charge is -2.33. The molecule has 2 aromatic carbocycles. The summed E-state index contributed by atoms with van der Waals surface area (Å²) in [6.07, 6.45) is 7.18. The first-order valence-corrected chi connectivity index (χ1v) is 15.8. The lowest BCUT2D eigenvalue weighted by Crippen LogP contribution is -2.51. The second-order valence-electron chi connectivity index (χ2n) is 9.99. The minimum absolute atomic E-state index is 0.0683. The molecule has 3 rings (SSSR count). The molecule has 0 radical (unpaired) electrons. The fourth-order valence-corrected chi connectivity index (χ4v) is 6.26. The highest BCUT2D eigenvalue weighted by Gasteiger charge is 2.31. The summed E-state index contributed by atoms with van der Waals surface area (Å²) in [5.41, 5.74) is 1.17. The molecule has 0 saturated heterocycles. The van der Waals surface area contributed by atoms with E-state index in [0.29, 0.717) is 22.9 Å². The summed E-state index contributed by atoms with van der Waals surface area (Å²) in [6, 6.07) is 13.6. The van der Waals surface area contributed by atoms with Crippen molar-refractivity contribution in [3.8, 4) is 5.75 Å². The monoisotopic (exact) mass is 577 g/mol. The molecule has 0 aliphatic heterocycles. The van der Waals surface area contributed by atoms with Crippen LogP contribution in [0.15, 0.2) is 48.5 Å². The van der Waals surface area contributed by atoms with Crippen LogP contribution in [0.3, 0.4) is 0 Å². The van der Waals surface area contributed by atoms with Crippen LogP contribution >= 0.6 is 11.6 Å². The van der Waals surface area contributed by atoms with Gasteiger partial charge in [-0.15, -0.1) is 0 Å². The molecule has 1 atom stereocenters. The SMILES string of the molecule is CC[C@H](C(=O)NC1CCCCC1)N(Cc1ccccc1Cl)C(=O)CCCN(c1ccccc1OC)S(C)(=O)=O. The largest absolute Gasteiger partial charge is 0.495 e. The molecule has 214 valence electrons. The van der Waals surface area contributed by atoms with Crippen molar-refractivity contribution in [1.29, 1.82) is 0 Å². The molecule has 0 heterocycles. The third-order valence-corrected chi connectivity index (χ3v) is 8.69. The highest BCUT2D eigenvalue weighted by Crippen LogP contribution is 2.30. The predicted molar refractivity (Wildman–Crippen MR) is 156 cm³/mol. The van der Waals surface area contributed by atoms with Crippen molar-refractivity contribution < 1.29 is 22.7 Å². The van der Waals surface area contributed by atoms with Crippen molar-refractivity contribution in [2.45, 2.75) is 76.9 Å². The van der Waals surface area contributed by atoms with E-state index in [4.69, 9.17) is 16.3 Å². The molecular weight excluding hydrogens is 538 g/mol. The Kier molecular flexibility index (Phi) is 11.5. The molecule has 39 heavy (non-hydrogen) atoms. The number of amides is 2. The molecule has 1 aliphatic carbocycles. The van der Waals surface area contributed by atoms with Gasteiger partial charge in [-0.1, -0.05) is 68.1 Å². The third-order valence-electron chi connectivity index (χ3n) is 7.14. The van der Waals surface area contributed by atoms with Gasteiger partial charge in [0.15, 0.2) is 0 Å². The fourth-order valence-electron chi connectivity index (χ4n) is 5.09. The molecule has 10 heteroatoms. The standard InChI is InChI=1S/C29H40ClN3O5S/c1-4-25(29(35)31-23-14-6-5-7-15-23)32(21-22-13-8-9-16-24(22)30)28(34)19-12-20-33(39(3,36)37)26-17-10-11-18-27(26)38-2/h8-11,13,16-18,23,25H,4-7,12,14-15,19-21H2,1-3H3,(H,31,35)/t25-/m1/s1. The quantitative estimate of drug-likeness (QED) is 0.355. The molecule has 0 aromatic heterocycles. The number of methoxy groups -OCH3 is 1. The molecular formula is C29H40ClN3O5S. The van der Waals surface area contributed by atoms with Gasteiger partial charge in [0.25, 0.3) is 0 Å². The van der Waals surface area contributed by atoms with Crippen LogP contribution < -0.4 is 14.4 Å². The first-order valence-electron chi connectivity index (χ1n) is 13.6. The Hall–Kier alpha value is -2.78. The smallest absolute Gasteiger partial charge is 0.243 e. The molecule has 8 nitrogen and oxygen atoms in total. The summed E-state index contributed by atoms with van der Waals surface area (Å²) >= 11 is 6.42. The van der Waals surface area contributed by atoms with E-state index in [1.54, 1.807) is 35.2 Å². The van der Waals surface area contributed by atoms with Crippen molar-refractivity contribution in [3.63, 3.8) is 0 Å². The first kappa shape index (κ1) is 30.8. The number of rotatable bonds is 13. The van der Waals surface area contributed by atoms with Crippen molar-refractivity contribution in [3.05, 3.63) is 59.1 Å². The van der Waals surface area contributed by atoms with E-state index in [9.17, 15) is 18.0 Å². The third kappa shape index (κ3) is 8.60. The van der Waals surface area contributed by atoms with Gasteiger partial charge in [-0.3, -0.25) is 13.9 Å². The minimum Gasteiger partial charge on any atom is -0.495 e. The van der Waals surface area contributed by atoms with Gasteiger partial charge in [0.2, 0.25) is 21.8 Å². The number of ether oxygens (including phenoxy) is 1. The first-order chi connectivity index (χ1) is 18.7. The summed E-state index contributed by atoms with van der Waals surface area (Å²) in [6.45, 7) is 2.18. The van der Waals surface area contributed by atoms with E-state index in [1.165, 1.54) is 17.8 Å². The molecule has 0 unspecified atom stereocenters. The summed E-state index contributed by atoms with van der Waals surface area (Å²) in [5.74, 6) is 0.0469. The lowest BCUT2D eigenvalue weighted by molar-refractivity contribution is -0.141. The van der Waals surface area contributed by atoms with Gasteiger partial charge in [0.1, 0.15) is 11.8 Å². The zero-order chi connectivity index (χ0) is 28.4. The molecule has 1 fully saturated rings. The van der Waals surface area contributed by atoms with E-state index in [0.717, 1.165) is 37.5 Å². The number of nitrogens with one attached hydrogen (secondary N) is 1. The second kappa shape index (κ2) is 14.6. The van der Waals surface area contributed by atoms with Crippen LogP contribution in [-0.4, -0.2) is 57.1 Å². The lowest BCUT2D eigenvalue weighted by atomic mass is 9.95. The van der Waals surface area contributed by atoms with Gasteiger partial charge in [-0.25, -0.2) is 8.42 Å². The number of anilines is 1. The Morgan fingerprint density at radius 2 is 1.74 bits per heavy atom. The summed E-state index contributed by atoms with van der Waals surface area (Å²) in [7, 11) is -2.14. The maximum Gasteiger partial charge on any atom is 0.243 e. The van der Waals surface area contributed by atoms with E-state index in [1.807, 2.05) is 25.1 Å². The van der Waals surface area contributed by atoms with Gasteiger partial charge >= 0.3 is 0 Å². The number of nitrogens with zero attached hydrogens (tertiary/aromatic N) is 2. The fraction of sp³-hybridized carbons (Fsp3) is 0.517. The van der Waals surface area contributed by atoms with E-state index < -0.39 is 16.1 Å². The maximum absolute atomic E-state index is 13.7. The molecule has 1 aliphatic rings. The van der Waals surface area contributed by atoms with Crippen LogP contribution in [0.4, 0.5) is 5.69 Å². The Bertz CT molecular complexity index is 1220. The van der Waals surface area contributed by atoms with Crippen molar-refractivity contribution >= 4 is 39.1 Å². The predicted octanol–water partition coefficient (Wildman–Crippen LogP) is 5.15. The van der Waals surface area contributed by atoms with Gasteiger partial charge in [-0.2, -0.15) is 0 Å². The van der Waals surface area contributed by atoms with Gasteiger partial charge < -0.3 is 15.0 Å². The Balaban J connectivity index is 1.78. The maximum atomic E-state index is 13.7. The van der Waals surface area contributed by atoms with Crippen LogP contribution in [0.2, 0.25) is 5.02 Å². The average Bonchev–Trinajstić information content (AvgIpc) is 2.91. The molecule has 0 bridgehead atoms. The number of para-hydroxylation sites is 2. The normalized spacial score (nSPS) is 14.9. The Morgan fingerprint density at radius 1 is 1.08 bits per heavy atom. The molecule has 2 aromatic rings. The highest BCUT2D eigenvalue weighted by molar-refractivity contribution is 7.92. The van der Waals surface area contributed by atoms with Crippen LogP contribution in [0, 0.1) is 0 Å². The average molecular weight is 578 g/mol. The Morgan fingerprint density at radius 3 is 2.38 bits per heavy atom. The number of carbonyl (C=O) groups is 2. The van der Waals surface area contributed by atoms with Gasteiger partial charge in [-0.05, 0) is 49.4 Å². The molecule has 0 spiro atoms. The summed E-state index contributed by atoms with van der Waals surface area (Å²) in [4.78, 5) is 28.6. The van der Waals surface area contributed by atoms with Crippen molar-refractivity contribution in [2.75, 3.05) is 24.2 Å². The van der Waals surface area contributed by atoms with E-state index in [-0.39, 0.29) is 43.8 Å². The molecule has 2 amide bonds. The number of sulfonamides is 1. The summed E-state index contributed by atoms with van der Waals surface area (Å²) in [5, 5.41) is 3.69. The van der Waals surface area contributed by atoms with E-state index in [2.05, 4.69) is 5.32 Å². The Labute approximate surface area is 237 Å². The number of benzene rings is 2. The topological polar surface area (TPSA) is 96.0 Å². The van der Waals surface area contributed by atoms with Crippen LogP contribution in [-0.2, 0) is 26.2 Å². The molecule has 1 N–H and O–H groups in total. The van der Waals surface area contributed by atoms with Gasteiger partial charge in [0, 0.05) is 30.6 Å². The minimum atomic E-state index is -3.63. The molecule has 1 saturated carbocycles. The number of hydrogen-bond acceptors (Lipinski definition) is 5. The zero-order valence-corrected chi connectivity index (χ0v) is 24.6. The van der Waals surface area contributed by atoms with Crippen molar-refractivity contribution in [1.82, 2.24) is 10.2 Å². The van der Waals surface area contributed by atoms with Crippen LogP contribution in [0.25, 0.3) is 0 Å². The van der Waals surface area contributed by atoms with Gasteiger partial charge in [0.05, 0.1) is 19.1 Å². The second-order valence-corrected chi connectivity index (χ2v) is 12.3.